The Bertz CT molecular complexity index is 327. The number of aliphatic hydroxyl groups is 1. The summed E-state index contributed by atoms with van der Waals surface area (Å²) in [4.78, 5) is 4.07. The molecule has 1 unspecified atom stereocenters. The lowest BCUT2D eigenvalue weighted by atomic mass is 9.98. The van der Waals surface area contributed by atoms with Crippen molar-refractivity contribution in [2.45, 2.75) is 25.9 Å². The largest absolute Gasteiger partial charge is 0.492 e. The average Bonchev–Trinajstić information content (AvgIpc) is 2.27. The topological polar surface area (TPSA) is 54.4 Å². The first-order chi connectivity index (χ1) is 7.60. The van der Waals surface area contributed by atoms with Gasteiger partial charge in [0.2, 0.25) is 0 Å². The van der Waals surface area contributed by atoms with Gasteiger partial charge in [0.25, 0.3) is 0 Å². The fourth-order valence-corrected chi connectivity index (χ4v) is 1.46. The fourth-order valence-electron chi connectivity index (χ4n) is 1.46. The highest BCUT2D eigenvalue weighted by Gasteiger charge is 2.22. The third-order valence-corrected chi connectivity index (χ3v) is 2.33. The second kappa shape index (κ2) is 5.82. The maximum Gasteiger partial charge on any atom is 0.137 e. The van der Waals surface area contributed by atoms with Crippen molar-refractivity contribution in [3.05, 3.63) is 24.0 Å². The summed E-state index contributed by atoms with van der Waals surface area (Å²) in [5.41, 5.74) is -0.164. The van der Waals surface area contributed by atoms with E-state index in [9.17, 15) is 5.11 Å². The van der Waals surface area contributed by atoms with Crippen LogP contribution in [0.3, 0.4) is 0 Å². The van der Waals surface area contributed by atoms with Gasteiger partial charge in [-0.2, -0.15) is 0 Å². The van der Waals surface area contributed by atoms with Gasteiger partial charge in [-0.3, -0.25) is 4.98 Å². The number of likely N-dealkylation sites (N-methyl/N-ethyl adjacent to an activating group) is 1. The van der Waals surface area contributed by atoms with Crippen molar-refractivity contribution in [3.63, 3.8) is 0 Å². The summed E-state index contributed by atoms with van der Waals surface area (Å²) in [6.45, 7) is 4.95. The molecular formula is C12H20N2O2. The van der Waals surface area contributed by atoms with Crippen LogP contribution in [0.4, 0.5) is 0 Å². The number of nitrogens with zero attached hydrogens (tertiary/aromatic N) is 1. The molecule has 4 heteroatoms. The van der Waals surface area contributed by atoms with Crippen molar-refractivity contribution >= 4 is 0 Å². The summed E-state index contributed by atoms with van der Waals surface area (Å²) in [7, 11) is 1.80. The van der Waals surface area contributed by atoms with Gasteiger partial charge in [0.05, 0.1) is 12.8 Å². The molecule has 0 amide bonds. The van der Waals surface area contributed by atoms with E-state index in [4.69, 9.17) is 4.74 Å². The number of rotatable bonds is 6. The van der Waals surface area contributed by atoms with Crippen LogP contribution in [0, 0.1) is 0 Å². The van der Waals surface area contributed by atoms with Crippen LogP contribution in [0.5, 0.6) is 5.75 Å². The zero-order valence-electron chi connectivity index (χ0n) is 10.2. The smallest absolute Gasteiger partial charge is 0.137 e. The van der Waals surface area contributed by atoms with Crippen LogP contribution in [0.15, 0.2) is 18.5 Å². The van der Waals surface area contributed by atoms with Crippen LogP contribution < -0.4 is 10.1 Å². The molecule has 1 aromatic rings. The molecule has 0 bridgehead atoms. The summed E-state index contributed by atoms with van der Waals surface area (Å²) < 4.78 is 5.48. The van der Waals surface area contributed by atoms with E-state index in [2.05, 4.69) is 17.2 Å². The number of nitrogens with one attached hydrogen (secondary N) is 1. The lowest BCUT2D eigenvalue weighted by Gasteiger charge is -2.23. The standard InChI is InChI=1S/C12H20N2O2/c1-4-5-16-11-6-10(7-14-8-11)12(2,15)9-13-3/h6-8,13,15H,4-5,9H2,1-3H3. The zero-order chi connectivity index (χ0) is 12.0. The Morgan fingerprint density at radius 2 is 2.25 bits per heavy atom. The number of hydrogen-bond acceptors (Lipinski definition) is 4. The lowest BCUT2D eigenvalue weighted by Crippen LogP contribution is -2.33. The number of ether oxygens (including phenoxy) is 1. The summed E-state index contributed by atoms with van der Waals surface area (Å²) in [5, 5.41) is 13.1. The summed E-state index contributed by atoms with van der Waals surface area (Å²) in [6, 6.07) is 1.83. The third kappa shape index (κ3) is 3.47. The minimum Gasteiger partial charge on any atom is -0.492 e. The first kappa shape index (κ1) is 12.9. The molecule has 1 atom stereocenters. The quantitative estimate of drug-likeness (QED) is 0.764. The predicted molar refractivity (Wildman–Crippen MR) is 63.5 cm³/mol. The molecule has 0 aliphatic carbocycles. The van der Waals surface area contributed by atoms with Gasteiger partial charge in [-0.25, -0.2) is 0 Å². The van der Waals surface area contributed by atoms with Crippen molar-refractivity contribution in [1.29, 1.82) is 0 Å². The zero-order valence-corrected chi connectivity index (χ0v) is 10.2. The first-order valence-electron chi connectivity index (χ1n) is 5.55. The Labute approximate surface area is 96.7 Å². The van der Waals surface area contributed by atoms with Gasteiger partial charge >= 0.3 is 0 Å². The van der Waals surface area contributed by atoms with Crippen molar-refractivity contribution in [3.8, 4) is 5.75 Å². The molecule has 0 aliphatic heterocycles. The van der Waals surface area contributed by atoms with Crippen LogP contribution in [0.25, 0.3) is 0 Å². The molecule has 4 nitrogen and oxygen atoms in total. The molecule has 0 saturated carbocycles. The Morgan fingerprint density at radius 3 is 2.88 bits per heavy atom. The molecule has 90 valence electrons. The average molecular weight is 224 g/mol. The second-order valence-electron chi connectivity index (χ2n) is 4.06. The molecule has 2 N–H and O–H groups in total. The lowest BCUT2D eigenvalue weighted by molar-refractivity contribution is 0.0585. The molecule has 0 spiro atoms. The molecule has 1 aromatic heterocycles. The minimum absolute atomic E-state index is 0.478. The van der Waals surface area contributed by atoms with Crippen LogP contribution in [-0.4, -0.2) is 30.3 Å². The van der Waals surface area contributed by atoms with Gasteiger partial charge in [-0.15, -0.1) is 0 Å². The molecular weight excluding hydrogens is 204 g/mol. The van der Waals surface area contributed by atoms with E-state index >= 15 is 0 Å². The SMILES string of the molecule is CCCOc1cncc(C(C)(O)CNC)c1. The molecule has 0 saturated heterocycles. The predicted octanol–water partition coefficient (Wildman–Crippen LogP) is 1.30. The molecule has 1 rings (SSSR count). The van der Waals surface area contributed by atoms with E-state index in [1.54, 1.807) is 26.4 Å². The molecule has 16 heavy (non-hydrogen) atoms. The molecule has 0 fully saturated rings. The van der Waals surface area contributed by atoms with Crippen LogP contribution >= 0.6 is 0 Å². The third-order valence-electron chi connectivity index (χ3n) is 2.33. The molecule has 0 radical (unpaired) electrons. The van der Waals surface area contributed by atoms with Crippen molar-refractivity contribution in [1.82, 2.24) is 10.3 Å². The second-order valence-corrected chi connectivity index (χ2v) is 4.06. The minimum atomic E-state index is -0.923. The summed E-state index contributed by atoms with van der Waals surface area (Å²) in [6.07, 6.45) is 4.28. The molecule has 1 heterocycles. The van der Waals surface area contributed by atoms with Gasteiger partial charge in [0, 0.05) is 18.3 Å². The number of aromatic nitrogens is 1. The Hall–Kier alpha value is -1.13. The van der Waals surface area contributed by atoms with Crippen molar-refractivity contribution in [2.24, 2.45) is 0 Å². The van der Waals surface area contributed by atoms with E-state index < -0.39 is 5.60 Å². The van der Waals surface area contributed by atoms with Gasteiger partial charge in [0.15, 0.2) is 0 Å². The maximum absolute atomic E-state index is 10.2. The van der Waals surface area contributed by atoms with Crippen molar-refractivity contribution < 1.29 is 9.84 Å². The van der Waals surface area contributed by atoms with Crippen LogP contribution in [0.1, 0.15) is 25.8 Å². The Kier molecular flexibility index (Phi) is 4.71. The van der Waals surface area contributed by atoms with Crippen molar-refractivity contribution in [2.75, 3.05) is 20.2 Å². The number of hydrogen-bond donors (Lipinski definition) is 2. The highest BCUT2D eigenvalue weighted by molar-refractivity contribution is 5.27. The summed E-state index contributed by atoms with van der Waals surface area (Å²) in [5.74, 6) is 0.704. The van der Waals surface area contributed by atoms with E-state index in [0.717, 1.165) is 12.0 Å². The van der Waals surface area contributed by atoms with Crippen LogP contribution in [-0.2, 0) is 5.60 Å². The van der Waals surface area contributed by atoms with Crippen LogP contribution in [0.2, 0.25) is 0 Å². The van der Waals surface area contributed by atoms with Gasteiger partial charge in [0.1, 0.15) is 11.4 Å². The monoisotopic (exact) mass is 224 g/mol. The molecule has 0 aromatic carbocycles. The summed E-state index contributed by atoms with van der Waals surface area (Å²) >= 11 is 0. The van der Waals surface area contributed by atoms with E-state index in [1.807, 2.05) is 6.07 Å². The Balaban J connectivity index is 2.80. The van der Waals surface area contributed by atoms with Gasteiger partial charge in [-0.05, 0) is 26.5 Å². The van der Waals surface area contributed by atoms with Gasteiger partial charge in [-0.1, -0.05) is 6.92 Å². The normalized spacial score (nSPS) is 14.5. The van der Waals surface area contributed by atoms with E-state index in [1.165, 1.54) is 0 Å². The van der Waals surface area contributed by atoms with E-state index in [-0.39, 0.29) is 0 Å². The highest BCUT2D eigenvalue weighted by atomic mass is 16.5. The van der Waals surface area contributed by atoms with Gasteiger partial charge < -0.3 is 15.2 Å². The number of pyridine rings is 1. The van der Waals surface area contributed by atoms with E-state index in [0.29, 0.717) is 18.9 Å². The Morgan fingerprint density at radius 1 is 1.50 bits per heavy atom. The first-order valence-corrected chi connectivity index (χ1v) is 5.55. The fraction of sp³-hybridized carbons (Fsp3) is 0.583. The maximum atomic E-state index is 10.2. The highest BCUT2D eigenvalue weighted by Crippen LogP contribution is 2.22. The molecule has 0 aliphatic rings.